The van der Waals surface area contributed by atoms with Crippen molar-refractivity contribution in [2.24, 2.45) is 7.05 Å². The molecule has 3 heterocycles. The van der Waals surface area contributed by atoms with Gasteiger partial charge in [0.1, 0.15) is 11.9 Å². The number of imidazole rings is 1. The molecule has 1 saturated heterocycles. The normalized spacial score (nSPS) is 22.5. The highest BCUT2D eigenvalue weighted by molar-refractivity contribution is 7.10. The van der Waals surface area contributed by atoms with E-state index in [1.54, 1.807) is 11.3 Å². The fourth-order valence-corrected chi connectivity index (χ4v) is 3.34. The van der Waals surface area contributed by atoms with E-state index in [9.17, 15) is 0 Å². The summed E-state index contributed by atoms with van der Waals surface area (Å²) in [6, 6.07) is 4.28. The lowest BCUT2D eigenvalue weighted by atomic mass is 10.2. The lowest BCUT2D eigenvalue weighted by molar-refractivity contribution is -0.137. The fourth-order valence-electron chi connectivity index (χ4n) is 2.54. The lowest BCUT2D eigenvalue weighted by Gasteiger charge is -2.21. The molecular weight excluding hydrogens is 286 g/mol. The Kier molecular flexibility index (Phi) is 4.12. The topological polar surface area (TPSA) is 48.3 Å². The van der Waals surface area contributed by atoms with Crippen LogP contribution in [0, 0.1) is 0 Å². The third-order valence-corrected chi connectivity index (χ3v) is 4.50. The zero-order chi connectivity index (χ0) is 14.9. The molecule has 0 spiro atoms. The summed E-state index contributed by atoms with van der Waals surface area (Å²) in [5.74, 6) is 0.532. The molecule has 2 unspecified atom stereocenters. The van der Waals surface area contributed by atoms with Crippen molar-refractivity contribution in [3.63, 3.8) is 0 Å². The maximum Gasteiger partial charge on any atom is 0.163 e. The van der Waals surface area contributed by atoms with Crippen molar-refractivity contribution in [3.8, 4) is 0 Å². The molecule has 1 fully saturated rings. The van der Waals surface area contributed by atoms with Crippen molar-refractivity contribution in [3.05, 3.63) is 40.6 Å². The first-order valence-corrected chi connectivity index (χ1v) is 7.99. The maximum atomic E-state index is 5.86. The van der Waals surface area contributed by atoms with Gasteiger partial charge in [-0.25, -0.2) is 4.98 Å². The van der Waals surface area contributed by atoms with Gasteiger partial charge in [-0.3, -0.25) is 0 Å². The summed E-state index contributed by atoms with van der Waals surface area (Å²) in [6.45, 7) is 5.25. The van der Waals surface area contributed by atoms with Gasteiger partial charge in [0, 0.05) is 30.9 Å². The van der Waals surface area contributed by atoms with Crippen LogP contribution in [0.15, 0.2) is 29.9 Å². The molecule has 2 aromatic heterocycles. The number of hydrogen-bond donors (Lipinski definition) is 1. The van der Waals surface area contributed by atoms with Crippen molar-refractivity contribution < 1.29 is 9.47 Å². The van der Waals surface area contributed by atoms with E-state index in [2.05, 4.69) is 27.8 Å². The highest BCUT2D eigenvalue weighted by atomic mass is 32.1. The van der Waals surface area contributed by atoms with E-state index in [0.717, 1.165) is 12.4 Å². The minimum Gasteiger partial charge on any atom is -0.348 e. The van der Waals surface area contributed by atoms with Gasteiger partial charge in [0.05, 0.1) is 12.7 Å². The van der Waals surface area contributed by atoms with Crippen LogP contribution < -0.4 is 5.32 Å². The number of nitrogens with zero attached hydrogens (tertiary/aromatic N) is 2. The Balaban J connectivity index is 1.71. The first-order valence-electron chi connectivity index (χ1n) is 7.11. The molecule has 0 radical (unpaired) electrons. The average Bonchev–Trinajstić information content (AvgIpc) is 3.13. The van der Waals surface area contributed by atoms with Crippen molar-refractivity contribution in [2.75, 3.05) is 13.2 Å². The number of hydrogen-bond acceptors (Lipinski definition) is 5. The molecule has 0 saturated carbocycles. The van der Waals surface area contributed by atoms with E-state index in [1.807, 2.05) is 37.9 Å². The summed E-state index contributed by atoms with van der Waals surface area (Å²) in [6.07, 6.45) is 3.87. The Morgan fingerprint density at radius 3 is 3.00 bits per heavy atom. The second-order valence-electron chi connectivity index (χ2n) is 5.70. The Morgan fingerprint density at radius 1 is 1.57 bits per heavy atom. The number of aromatic nitrogens is 2. The van der Waals surface area contributed by atoms with Crippen molar-refractivity contribution in [2.45, 2.75) is 31.8 Å². The first kappa shape index (κ1) is 14.7. The van der Waals surface area contributed by atoms with E-state index in [4.69, 9.17) is 9.47 Å². The van der Waals surface area contributed by atoms with Crippen LogP contribution in [-0.4, -0.2) is 34.6 Å². The van der Waals surface area contributed by atoms with Crippen LogP contribution in [-0.2, 0) is 16.5 Å². The molecule has 0 bridgehead atoms. The first-order chi connectivity index (χ1) is 10.1. The Labute approximate surface area is 128 Å². The van der Waals surface area contributed by atoms with E-state index >= 15 is 0 Å². The monoisotopic (exact) mass is 307 g/mol. The minimum atomic E-state index is -0.478. The smallest absolute Gasteiger partial charge is 0.163 e. The molecule has 1 aliphatic heterocycles. The number of ether oxygens (including phenoxy) is 2. The van der Waals surface area contributed by atoms with Crippen molar-refractivity contribution >= 4 is 11.3 Å². The van der Waals surface area contributed by atoms with E-state index in [0.29, 0.717) is 6.61 Å². The van der Waals surface area contributed by atoms with Gasteiger partial charge in [0.15, 0.2) is 5.79 Å². The molecule has 0 aliphatic carbocycles. The number of aryl methyl sites for hydroxylation is 1. The zero-order valence-electron chi connectivity index (χ0n) is 12.6. The van der Waals surface area contributed by atoms with Crippen LogP contribution in [0.4, 0.5) is 0 Å². The molecule has 21 heavy (non-hydrogen) atoms. The second-order valence-corrected chi connectivity index (χ2v) is 6.68. The Morgan fingerprint density at radius 2 is 2.43 bits per heavy atom. The van der Waals surface area contributed by atoms with Crippen LogP contribution in [0.3, 0.4) is 0 Å². The quantitative estimate of drug-likeness (QED) is 0.921. The largest absolute Gasteiger partial charge is 0.348 e. The molecule has 0 aromatic carbocycles. The summed E-state index contributed by atoms with van der Waals surface area (Å²) in [5.41, 5.74) is 0. The van der Waals surface area contributed by atoms with Gasteiger partial charge in [-0.1, -0.05) is 6.07 Å². The molecule has 1 N–H and O–H groups in total. The number of rotatable bonds is 5. The molecule has 114 valence electrons. The number of nitrogens with one attached hydrogen (secondary N) is 1. The molecule has 5 nitrogen and oxygen atoms in total. The van der Waals surface area contributed by atoms with Crippen molar-refractivity contribution in [1.82, 2.24) is 14.9 Å². The Bertz CT molecular complexity index is 580. The number of thiophene rings is 1. The van der Waals surface area contributed by atoms with E-state index in [-0.39, 0.29) is 12.1 Å². The molecule has 3 rings (SSSR count). The van der Waals surface area contributed by atoms with Gasteiger partial charge in [0.2, 0.25) is 0 Å². The van der Waals surface area contributed by atoms with E-state index in [1.165, 1.54) is 4.88 Å². The van der Waals surface area contributed by atoms with Gasteiger partial charge in [-0.15, -0.1) is 11.3 Å². The minimum absolute atomic E-state index is 0.0720. The molecule has 0 amide bonds. The highest BCUT2D eigenvalue weighted by Crippen LogP contribution is 2.26. The van der Waals surface area contributed by atoms with Gasteiger partial charge >= 0.3 is 0 Å². The molecule has 2 aromatic rings. The third-order valence-electron chi connectivity index (χ3n) is 3.56. The molecule has 2 atom stereocenters. The molecule has 1 aliphatic rings. The van der Waals surface area contributed by atoms with Gasteiger partial charge in [-0.2, -0.15) is 0 Å². The van der Waals surface area contributed by atoms with Gasteiger partial charge < -0.3 is 19.4 Å². The highest BCUT2D eigenvalue weighted by Gasteiger charge is 2.33. The van der Waals surface area contributed by atoms with Gasteiger partial charge in [0.25, 0.3) is 0 Å². The summed E-state index contributed by atoms with van der Waals surface area (Å²) in [7, 11) is 2.02. The summed E-state index contributed by atoms with van der Waals surface area (Å²) in [5, 5.41) is 5.66. The summed E-state index contributed by atoms with van der Waals surface area (Å²) < 4.78 is 13.5. The standard InChI is InChI=1S/C15H21N3O2S/c1-15(2)19-10-11(20-15)9-17-13(12-5-4-8-21-12)14-16-6-7-18(14)3/h4-8,11,13,17H,9-10H2,1-3H3. The third kappa shape index (κ3) is 3.35. The van der Waals surface area contributed by atoms with Crippen LogP contribution in [0.2, 0.25) is 0 Å². The predicted molar refractivity (Wildman–Crippen MR) is 82.3 cm³/mol. The fraction of sp³-hybridized carbons (Fsp3) is 0.533. The molecule has 6 heteroatoms. The maximum absolute atomic E-state index is 5.86. The van der Waals surface area contributed by atoms with Crippen LogP contribution >= 0.6 is 11.3 Å². The summed E-state index contributed by atoms with van der Waals surface area (Å²) in [4.78, 5) is 5.73. The van der Waals surface area contributed by atoms with Gasteiger partial charge in [-0.05, 0) is 25.3 Å². The second kappa shape index (κ2) is 5.88. The molecular formula is C15H21N3O2S. The average molecular weight is 307 g/mol. The zero-order valence-corrected chi connectivity index (χ0v) is 13.4. The van der Waals surface area contributed by atoms with Crippen LogP contribution in [0.25, 0.3) is 0 Å². The summed E-state index contributed by atoms with van der Waals surface area (Å²) >= 11 is 1.73. The Hall–Kier alpha value is -1.21. The SMILES string of the molecule is Cn1ccnc1C(NCC1COC(C)(C)O1)c1cccs1. The van der Waals surface area contributed by atoms with Crippen molar-refractivity contribution in [1.29, 1.82) is 0 Å². The van der Waals surface area contributed by atoms with Crippen LogP contribution in [0.1, 0.15) is 30.6 Å². The van der Waals surface area contributed by atoms with Crippen LogP contribution in [0.5, 0.6) is 0 Å². The lowest BCUT2D eigenvalue weighted by Crippen LogP contribution is -2.34. The van der Waals surface area contributed by atoms with E-state index < -0.39 is 5.79 Å². The predicted octanol–water partition coefficient (Wildman–Crippen LogP) is 2.31.